The summed E-state index contributed by atoms with van der Waals surface area (Å²) >= 11 is 0. The lowest BCUT2D eigenvalue weighted by Crippen LogP contribution is -2.07. The molecule has 1 heterocycles. The highest BCUT2D eigenvalue weighted by atomic mass is 16.6. The number of carbonyl (C=O) groups is 1. The van der Waals surface area contributed by atoms with Gasteiger partial charge in [0.2, 0.25) is 5.82 Å². The fourth-order valence-corrected chi connectivity index (χ4v) is 2.41. The summed E-state index contributed by atoms with van der Waals surface area (Å²) in [6.07, 6.45) is 0. The highest BCUT2D eigenvalue weighted by molar-refractivity contribution is 5.91. The van der Waals surface area contributed by atoms with E-state index in [-0.39, 0.29) is 24.0 Å². The third-order valence-electron chi connectivity index (χ3n) is 3.73. The number of ether oxygens (including phenoxy) is 1. The molecule has 26 heavy (non-hydrogen) atoms. The van der Waals surface area contributed by atoms with Gasteiger partial charge in [0.1, 0.15) is 0 Å². The van der Waals surface area contributed by atoms with E-state index < -0.39 is 10.9 Å². The number of hydrogen-bond donors (Lipinski definition) is 0. The third kappa shape index (κ3) is 3.75. The number of carbonyl (C=O) groups excluding carboxylic acids is 1. The van der Waals surface area contributed by atoms with Crippen molar-refractivity contribution in [3.8, 4) is 11.4 Å². The van der Waals surface area contributed by atoms with Crippen molar-refractivity contribution >= 4 is 11.7 Å². The van der Waals surface area contributed by atoms with Gasteiger partial charge in [0, 0.05) is 17.7 Å². The first kappa shape index (κ1) is 17.3. The van der Waals surface area contributed by atoms with E-state index in [1.165, 1.54) is 24.3 Å². The first-order valence-electron chi connectivity index (χ1n) is 7.76. The molecule has 0 unspecified atom stereocenters. The molecule has 0 bridgehead atoms. The molecule has 3 aromatic rings. The molecule has 0 aliphatic heterocycles. The van der Waals surface area contributed by atoms with Crippen molar-refractivity contribution in [3.63, 3.8) is 0 Å². The summed E-state index contributed by atoms with van der Waals surface area (Å²) in [5.41, 5.74) is 2.90. The average Bonchev–Trinajstić information content (AvgIpc) is 3.09. The molecule has 1 aromatic heterocycles. The molecule has 8 nitrogen and oxygen atoms in total. The Kier molecular flexibility index (Phi) is 4.74. The third-order valence-corrected chi connectivity index (χ3v) is 3.73. The monoisotopic (exact) mass is 353 g/mol. The van der Waals surface area contributed by atoms with Crippen molar-refractivity contribution in [2.24, 2.45) is 0 Å². The van der Waals surface area contributed by atoms with E-state index in [0.29, 0.717) is 11.1 Å². The second kappa shape index (κ2) is 7.14. The number of esters is 1. The lowest BCUT2D eigenvalue weighted by Gasteiger charge is -2.05. The van der Waals surface area contributed by atoms with E-state index >= 15 is 0 Å². The normalized spacial score (nSPS) is 10.5. The van der Waals surface area contributed by atoms with Gasteiger partial charge in [0.05, 0.1) is 10.5 Å². The first-order chi connectivity index (χ1) is 12.4. The molecule has 0 amide bonds. The Hall–Kier alpha value is -3.55. The molecular formula is C18H15N3O5. The molecule has 132 valence electrons. The molecule has 0 aliphatic carbocycles. The Morgan fingerprint density at radius 3 is 2.58 bits per heavy atom. The van der Waals surface area contributed by atoms with Crippen LogP contribution in [-0.4, -0.2) is 21.0 Å². The summed E-state index contributed by atoms with van der Waals surface area (Å²) < 4.78 is 10.3. The van der Waals surface area contributed by atoms with Gasteiger partial charge in [-0.1, -0.05) is 22.9 Å². The van der Waals surface area contributed by atoms with Crippen LogP contribution in [0, 0.1) is 24.0 Å². The topological polar surface area (TPSA) is 108 Å². The van der Waals surface area contributed by atoms with E-state index in [1.807, 2.05) is 26.0 Å². The number of nitro benzene ring substituents is 1. The Balaban J connectivity index is 1.66. The Labute approximate surface area is 148 Å². The van der Waals surface area contributed by atoms with Crippen LogP contribution in [-0.2, 0) is 11.3 Å². The van der Waals surface area contributed by atoms with E-state index in [0.717, 1.165) is 11.1 Å². The van der Waals surface area contributed by atoms with Crippen LogP contribution in [0.1, 0.15) is 27.4 Å². The Morgan fingerprint density at radius 2 is 1.92 bits per heavy atom. The Bertz CT molecular complexity index is 963. The van der Waals surface area contributed by atoms with Crippen LogP contribution >= 0.6 is 0 Å². The Morgan fingerprint density at radius 1 is 1.19 bits per heavy atom. The van der Waals surface area contributed by atoms with Gasteiger partial charge in [-0.3, -0.25) is 10.1 Å². The molecule has 0 fully saturated rings. The quantitative estimate of drug-likeness (QED) is 0.391. The van der Waals surface area contributed by atoms with Gasteiger partial charge >= 0.3 is 5.97 Å². The molecular weight excluding hydrogens is 338 g/mol. The van der Waals surface area contributed by atoms with Crippen molar-refractivity contribution in [2.75, 3.05) is 0 Å². The summed E-state index contributed by atoms with van der Waals surface area (Å²) in [5.74, 6) is -0.0773. The number of nitrogens with zero attached hydrogens (tertiary/aromatic N) is 3. The zero-order valence-electron chi connectivity index (χ0n) is 14.1. The van der Waals surface area contributed by atoms with E-state index in [2.05, 4.69) is 10.1 Å². The van der Waals surface area contributed by atoms with Crippen molar-refractivity contribution in [3.05, 3.63) is 75.2 Å². The van der Waals surface area contributed by atoms with Gasteiger partial charge < -0.3 is 9.26 Å². The number of aromatic nitrogens is 2. The van der Waals surface area contributed by atoms with Crippen molar-refractivity contribution in [2.45, 2.75) is 20.5 Å². The summed E-state index contributed by atoms with van der Waals surface area (Å²) in [6.45, 7) is 3.62. The van der Waals surface area contributed by atoms with Crippen LogP contribution in [0.25, 0.3) is 11.4 Å². The minimum Gasteiger partial charge on any atom is -0.452 e. The number of rotatable bonds is 5. The average molecular weight is 353 g/mol. The predicted octanol–water partition coefficient (Wildman–Crippen LogP) is 3.62. The smallest absolute Gasteiger partial charge is 0.338 e. The first-order valence-corrected chi connectivity index (χ1v) is 7.76. The number of aryl methyl sites for hydroxylation is 2. The largest absolute Gasteiger partial charge is 0.452 e. The zero-order chi connectivity index (χ0) is 18.7. The van der Waals surface area contributed by atoms with Crippen LogP contribution < -0.4 is 0 Å². The molecule has 3 rings (SSSR count). The number of hydrogen-bond acceptors (Lipinski definition) is 7. The predicted molar refractivity (Wildman–Crippen MR) is 91.4 cm³/mol. The molecule has 0 radical (unpaired) electrons. The fraction of sp³-hybridized carbons (Fsp3) is 0.167. The standard InChI is InChI=1S/C18H15N3O5/c1-11-3-8-15(12(2)9-11)18(22)25-10-16-19-17(20-26-16)13-4-6-14(7-5-13)21(23)24/h3-9H,10H2,1-2H3. The van der Waals surface area contributed by atoms with Gasteiger partial charge in [0.25, 0.3) is 11.6 Å². The molecule has 8 heteroatoms. The second-order valence-electron chi connectivity index (χ2n) is 5.71. The van der Waals surface area contributed by atoms with Crippen molar-refractivity contribution in [1.29, 1.82) is 0 Å². The lowest BCUT2D eigenvalue weighted by molar-refractivity contribution is -0.384. The SMILES string of the molecule is Cc1ccc(C(=O)OCc2nc(-c3ccc([N+](=O)[O-])cc3)no2)c(C)c1. The number of non-ortho nitro benzene ring substituents is 1. The van der Waals surface area contributed by atoms with Gasteiger partial charge in [-0.05, 0) is 37.6 Å². The summed E-state index contributed by atoms with van der Waals surface area (Å²) in [6, 6.07) is 11.2. The lowest BCUT2D eigenvalue weighted by atomic mass is 10.1. The maximum Gasteiger partial charge on any atom is 0.338 e. The molecule has 0 saturated carbocycles. The minimum atomic E-state index is -0.488. The maximum absolute atomic E-state index is 12.2. The van der Waals surface area contributed by atoms with Crippen molar-refractivity contribution < 1.29 is 19.0 Å². The summed E-state index contributed by atoms with van der Waals surface area (Å²) in [7, 11) is 0. The molecule has 2 aromatic carbocycles. The van der Waals surface area contributed by atoms with Crippen LogP contribution in [0.2, 0.25) is 0 Å². The summed E-state index contributed by atoms with van der Waals surface area (Å²) in [4.78, 5) is 26.5. The number of nitro groups is 1. The highest BCUT2D eigenvalue weighted by Crippen LogP contribution is 2.20. The van der Waals surface area contributed by atoms with Gasteiger partial charge in [-0.2, -0.15) is 4.98 Å². The van der Waals surface area contributed by atoms with E-state index in [1.54, 1.807) is 6.07 Å². The molecule has 0 saturated heterocycles. The molecule has 0 atom stereocenters. The van der Waals surface area contributed by atoms with Crippen molar-refractivity contribution in [1.82, 2.24) is 10.1 Å². The molecule has 0 spiro atoms. The van der Waals surface area contributed by atoms with Crippen LogP contribution in [0.15, 0.2) is 47.0 Å². The summed E-state index contributed by atoms with van der Waals surface area (Å²) in [5, 5.41) is 14.5. The van der Waals surface area contributed by atoms with E-state index in [9.17, 15) is 14.9 Å². The van der Waals surface area contributed by atoms with Crippen LogP contribution in [0.3, 0.4) is 0 Å². The van der Waals surface area contributed by atoms with Gasteiger partial charge in [-0.25, -0.2) is 4.79 Å². The zero-order valence-corrected chi connectivity index (χ0v) is 14.1. The van der Waals surface area contributed by atoms with Crippen LogP contribution in [0.4, 0.5) is 5.69 Å². The minimum absolute atomic E-state index is 0.0279. The maximum atomic E-state index is 12.2. The van der Waals surface area contributed by atoms with Gasteiger partial charge in [-0.15, -0.1) is 0 Å². The second-order valence-corrected chi connectivity index (χ2v) is 5.71. The molecule has 0 aliphatic rings. The van der Waals surface area contributed by atoms with E-state index in [4.69, 9.17) is 9.26 Å². The van der Waals surface area contributed by atoms with Crippen LogP contribution in [0.5, 0.6) is 0 Å². The highest BCUT2D eigenvalue weighted by Gasteiger charge is 2.15. The number of benzene rings is 2. The molecule has 0 N–H and O–H groups in total. The fourth-order valence-electron chi connectivity index (χ4n) is 2.41. The van der Waals surface area contributed by atoms with Gasteiger partial charge in [0.15, 0.2) is 6.61 Å².